The summed E-state index contributed by atoms with van der Waals surface area (Å²) in [5.41, 5.74) is 1.27. The molecule has 0 radical (unpaired) electrons. The molecule has 21 heavy (non-hydrogen) atoms. The minimum Gasteiger partial charge on any atom is -0.348 e. The summed E-state index contributed by atoms with van der Waals surface area (Å²) in [6, 6.07) is 3.03. The van der Waals surface area contributed by atoms with Crippen molar-refractivity contribution in [3.05, 3.63) is 21.9 Å². The van der Waals surface area contributed by atoms with Crippen LogP contribution in [0.3, 0.4) is 0 Å². The van der Waals surface area contributed by atoms with Crippen LogP contribution >= 0.6 is 27.7 Å². The maximum absolute atomic E-state index is 14.6. The lowest BCUT2D eigenvalue weighted by atomic mass is 9.88. The van der Waals surface area contributed by atoms with Crippen LogP contribution in [-0.2, 0) is 0 Å². The molecule has 4 rings (SSSR count). The summed E-state index contributed by atoms with van der Waals surface area (Å²) >= 11 is 4.75. The second kappa shape index (κ2) is 4.79. The number of halogens is 2. The first kappa shape index (κ1) is 13.7. The number of fused-ring (bicyclic) bond motifs is 2. The van der Waals surface area contributed by atoms with Gasteiger partial charge in [-0.25, -0.2) is 14.4 Å². The van der Waals surface area contributed by atoms with Gasteiger partial charge in [-0.05, 0) is 40.7 Å². The van der Waals surface area contributed by atoms with Gasteiger partial charge in [0.1, 0.15) is 11.3 Å². The molecule has 2 unspecified atom stereocenters. The van der Waals surface area contributed by atoms with Gasteiger partial charge in [-0.3, -0.25) is 0 Å². The van der Waals surface area contributed by atoms with Crippen molar-refractivity contribution in [3.63, 3.8) is 0 Å². The molecule has 2 fully saturated rings. The minimum atomic E-state index is -0.298. The lowest BCUT2D eigenvalue weighted by molar-refractivity contribution is 0.212. The second-order valence-electron chi connectivity index (χ2n) is 5.49. The van der Waals surface area contributed by atoms with E-state index in [-0.39, 0.29) is 5.82 Å². The molecule has 4 nitrogen and oxygen atoms in total. The number of anilines is 1. The van der Waals surface area contributed by atoms with E-state index in [4.69, 9.17) is 0 Å². The maximum Gasteiger partial charge on any atom is 0.189 e. The number of aryl methyl sites for hydroxylation is 1. The van der Waals surface area contributed by atoms with Crippen LogP contribution in [0.2, 0.25) is 0 Å². The number of thioether (sulfide) groups is 1. The number of hydrogen-bond acceptors (Lipinski definition) is 5. The Bertz CT molecular complexity index is 754. The molecule has 2 aromatic rings. The summed E-state index contributed by atoms with van der Waals surface area (Å²) in [6.45, 7) is 3.80. The van der Waals surface area contributed by atoms with Crippen LogP contribution in [0, 0.1) is 12.7 Å². The van der Waals surface area contributed by atoms with Gasteiger partial charge in [0.05, 0.1) is 10.5 Å². The Morgan fingerprint density at radius 2 is 2.29 bits per heavy atom. The van der Waals surface area contributed by atoms with Crippen molar-refractivity contribution < 1.29 is 4.39 Å². The molecule has 1 aromatic carbocycles. The molecule has 2 aliphatic rings. The third kappa shape index (κ3) is 1.90. The van der Waals surface area contributed by atoms with E-state index in [0.29, 0.717) is 27.2 Å². The summed E-state index contributed by atoms with van der Waals surface area (Å²) in [5, 5.41) is 4.80. The smallest absolute Gasteiger partial charge is 0.189 e. The fraction of sp³-hybridized carbons (Fsp3) is 0.429. The number of nitrogens with zero attached hydrogens (tertiary/aromatic N) is 3. The van der Waals surface area contributed by atoms with Gasteiger partial charge in [0, 0.05) is 24.5 Å². The Labute approximate surface area is 134 Å². The number of hydrogen-bond donors (Lipinski definition) is 1. The Morgan fingerprint density at radius 1 is 1.48 bits per heavy atom. The Hall–Kier alpha value is -0.920. The highest BCUT2D eigenvalue weighted by Crippen LogP contribution is 2.38. The number of benzene rings is 1. The van der Waals surface area contributed by atoms with Crippen molar-refractivity contribution in [1.82, 2.24) is 15.3 Å². The topological polar surface area (TPSA) is 41.1 Å². The van der Waals surface area contributed by atoms with Crippen LogP contribution in [0.4, 0.5) is 10.2 Å². The van der Waals surface area contributed by atoms with E-state index < -0.39 is 0 Å². The zero-order chi connectivity index (χ0) is 14.7. The molecule has 2 saturated heterocycles. The molecular formula is C14H14BrFN4S. The van der Waals surface area contributed by atoms with Crippen molar-refractivity contribution in [1.29, 1.82) is 0 Å². The predicted molar refractivity (Wildman–Crippen MR) is 86.6 cm³/mol. The average molecular weight is 369 g/mol. The van der Waals surface area contributed by atoms with Crippen LogP contribution in [0.5, 0.6) is 0 Å². The van der Waals surface area contributed by atoms with E-state index in [9.17, 15) is 4.39 Å². The number of piperazine rings is 1. The molecule has 110 valence electrons. The van der Waals surface area contributed by atoms with Gasteiger partial charge < -0.3 is 10.2 Å². The first-order valence-electron chi connectivity index (χ1n) is 6.80. The third-order valence-electron chi connectivity index (χ3n) is 4.31. The van der Waals surface area contributed by atoms with Crippen LogP contribution in [-0.4, -0.2) is 41.4 Å². The quantitative estimate of drug-likeness (QED) is 0.651. The van der Waals surface area contributed by atoms with Crippen LogP contribution in [0.1, 0.15) is 5.56 Å². The average Bonchev–Trinajstić information content (AvgIpc) is 2.47. The van der Waals surface area contributed by atoms with Crippen molar-refractivity contribution in [2.24, 2.45) is 0 Å². The Balaban J connectivity index is 1.95. The molecule has 2 atom stereocenters. The highest BCUT2D eigenvalue weighted by molar-refractivity contribution is 9.10. The van der Waals surface area contributed by atoms with Gasteiger partial charge in [0.25, 0.3) is 0 Å². The monoisotopic (exact) mass is 368 g/mol. The normalized spacial score (nSPS) is 23.7. The van der Waals surface area contributed by atoms with E-state index in [0.717, 1.165) is 29.9 Å². The van der Waals surface area contributed by atoms with Crippen molar-refractivity contribution in [2.45, 2.75) is 24.2 Å². The van der Waals surface area contributed by atoms with Gasteiger partial charge in [-0.15, -0.1) is 0 Å². The standard InChI is InChI=1S/C14H14BrFN4S/c1-6-3-7-12(11(16)10(6)15)18-14(21-2)19-13(7)20-5-8-9(20)4-17-8/h3,8-9,17H,4-5H2,1-2H3. The van der Waals surface area contributed by atoms with Crippen molar-refractivity contribution in [2.75, 3.05) is 24.2 Å². The van der Waals surface area contributed by atoms with E-state index in [1.807, 2.05) is 19.2 Å². The summed E-state index contributed by atoms with van der Waals surface area (Å²) in [7, 11) is 0. The molecule has 0 saturated carbocycles. The minimum absolute atomic E-state index is 0.298. The lowest BCUT2D eigenvalue weighted by Crippen LogP contribution is -2.78. The molecule has 0 bridgehead atoms. The van der Waals surface area contributed by atoms with E-state index in [1.54, 1.807) is 0 Å². The molecule has 1 N–H and O–H groups in total. The summed E-state index contributed by atoms with van der Waals surface area (Å²) in [4.78, 5) is 11.3. The Kier molecular flexibility index (Phi) is 3.13. The molecule has 0 amide bonds. The second-order valence-corrected chi connectivity index (χ2v) is 7.05. The number of nitrogens with one attached hydrogen (secondary N) is 1. The summed E-state index contributed by atoms with van der Waals surface area (Å²) < 4.78 is 15.0. The number of aromatic nitrogens is 2. The van der Waals surface area contributed by atoms with Gasteiger partial charge >= 0.3 is 0 Å². The van der Waals surface area contributed by atoms with Gasteiger partial charge in [0.15, 0.2) is 11.0 Å². The molecule has 3 heterocycles. The van der Waals surface area contributed by atoms with Gasteiger partial charge in [0.2, 0.25) is 0 Å². The van der Waals surface area contributed by atoms with Gasteiger partial charge in [-0.2, -0.15) is 0 Å². The summed E-state index contributed by atoms with van der Waals surface area (Å²) in [6.07, 6.45) is 1.91. The van der Waals surface area contributed by atoms with Crippen LogP contribution in [0.15, 0.2) is 15.7 Å². The highest BCUT2D eigenvalue weighted by Gasteiger charge is 2.46. The third-order valence-corrected chi connectivity index (χ3v) is 5.84. The van der Waals surface area contributed by atoms with Crippen molar-refractivity contribution in [3.8, 4) is 0 Å². The molecule has 0 spiro atoms. The lowest BCUT2D eigenvalue weighted by Gasteiger charge is -2.56. The fourth-order valence-corrected chi connectivity index (χ4v) is 3.62. The summed E-state index contributed by atoms with van der Waals surface area (Å²) in [5.74, 6) is 0.564. The zero-order valence-electron chi connectivity index (χ0n) is 11.7. The predicted octanol–water partition coefficient (Wildman–Crippen LogP) is 2.72. The molecule has 1 aromatic heterocycles. The highest BCUT2D eigenvalue weighted by atomic mass is 79.9. The van der Waals surface area contributed by atoms with Gasteiger partial charge in [-0.1, -0.05) is 11.8 Å². The SMILES string of the molecule is CSc1nc(N2CC3NCC32)c2cc(C)c(Br)c(F)c2n1. The molecule has 7 heteroatoms. The molecular weight excluding hydrogens is 355 g/mol. The largest absolute Gasteiger partial charge is 0.348 e. The van der Waals surface area contributed by atoms with E-state index in [1.165, 1.54) is 11.8 Å². The van der Waals surface area contributed by atoms with E-state index >= 15 is 0 Å². The van der Waals surface area contributed by atoms with Crippen LogP contribution in [0.25, 0.3) is 10.9 Å². The molecule has 2 aliphatic heterocycles. The zero-order valence-corrected chi connectivity index (χ0v) is 14.1. The van der Waals surface area contributed by atoms with Crippen LogP contribution < -0.4 is 10.2 Å². The maximum atomic E-state index is 14.6. The fourth-order valence-electron chi connectivity index (χ4n) is 2.96. The van der Waals surface area contributed by atoms with Crippen molar-refractivity contribution >= 4 is 44.4 Å². The van der Waals surface area contributed by atoms with E-state index in [2.05, 4.69) is 36.1 Å². The first-order chi connectivity index (χ1) is 10.1. The number of rotatable bonds is 2. The Morgan fingerprint density at radius 3 is 2.86 bits per heavy atom. The first-order valence-corrected chi connectivity index (χ1v) is 8.82. The molecule has 0 aliphatic carbocycles.